The van der Waals surface area contributed by atoms with E-state index in [0.717, 1.165) is 144 Å². The Balaban J connectivity index is -0.0000000323. The molecule has 0 amide bonds. The van der Waals surface area contributed by atoms with E-state index in [-0.39, 0.29) is 7.43 Å². The summed E-state index contributed by atoms with van der Waals surface area (Å²) in [7, 11) is 0. The summed E-state index contributed by atoms with van der Waals surface area (Å²) in [5.74, 6) is 3.68. The maximum atomic E-state index is 4.78. The summed E-state index contributed by atoms with van der Waals surface area (Å²) < 4.78 is 22.0. The molecule has 846 valence electrons. The van der Waals surface area contributed by atoms with E-state index >= 15 is 0 Å². The van der Waals surface area contributed by atoms with E-state index in [9.17, 15) is 0 Å². The van der Waals surface area contributed by atoms with Crippen LogP contribution in [0, 0.1) is 0 Å². The van der Waals surface area contributed by atoms with Crippen molar-refractivity contribution in [3.05, 3.63) is 24.4 Å². The molecule has 1 fully saturated rings. The number of hydrogen-bond donors (Lipinski definition) is 8. The summed E-state index contributed by atoms with van der Waals surface area (Å²) in [5, 5.41) is 20.3. The fourth-order valence-electron chi connectivity index (χ4n) is 5.45. The number of hydrazone groups is 2. The van der Waals surface area contributed by atoms with E-state index in [0.29, 0.717) is 0 Å². The summed E-state index contributed by atoms with van der Waals surface area (Å²) in [6, 6.07) is 0. The third-order valence-electron chi connectivity index (χ3n) is 9.47. The van der Waals surface area contributed by atoms with Crippen molar-refractivity contribution < 1.29 is 23.9 Å². The van der Waals surface area contributed by atoms with Crippen LogP contribution in [0.5, 0.6) is 0 Å². The zero-order chi connectivity index (χ0) is 112. The molecular weight excluding hydrogens is 1750 g/mol. The van der Waals surface area contributed by atoms with Crippen LogP contribution in [0.1, 0.15) is 491 Å². The van der Waals surface area contributed by atoms with Gasteiger partial charge >= 0.3 is 0 Å². The fourth-order valence-corrected chi connectivity index (χ4v) is 7.20. The standard InChI is InChI=1S/C6H10.2C4H8N2.2C4H7NO.2C4H7NS.C3H7N3.C3H6N2O.2C3H6N2.2C3H5NO.C3H5NS.28C2H6.CH4/c1-6-4-2-3-5-6;1-2-5-4-6-3-1;1-2-4-6-5-3-1;1-2-5-4-6-3-1;1-2-4-6-5-3-1;1-2-5-4-6-3-1;1-2-4-6-5-3-1;1-2-5-6-3-4-1;1-2-6-3-5-4-1;1-2-5-3-4-1;1-2-4-5-3-1;1-2-5-3-4-1;2*1-2-4-5-3-1;28*1-2;/h1-5H2;4H,1-3H2,(H,5,6);3,6H,1-2,4H2;4H,1-3H2;3H,1-2,4H2;4H,1-3H2;3H,1-2,4H2;3,5H,1-2H2,(H,4,6);3-4H,1-2H2;3H,1-2H2,(H,4,5);1-2,4-5H,3H2;3H,1-2H2;2*2H,1,3H2;28*1-2H3;1H4. The van der Waals surface area contributed by atoms with Gasteiger partial charge in [-0.1, -0.05) is 424 Å². The third kappa shape index (κ3) is 377. The number of hydrazine groups is 2. The van der Waals surface area contributed by atoms with E-state index in [1.54, 1.807) is 67.1 Å². The van der Waals surface area contributed by atoms with Gasteiger partial charge in [-0.2, -0.15) is 5.10 Å². The minimum Gasteiger partial charge on any atom is -0.483 e. The Morgan fingerprint density at radius 3 is 0.801 bits per heavy atom. The molecular formula is C108H266N20O5S3. The van der Waals surface area contributed by atoms with Gasteiger partial charge in [0, 0.05) is 120 Å². The first-order chi connectivity index (χ1) is 67.4. The summed E-state index contributed by atoms with van der Waals surface area (Å²) in [6.07, 6.45) is 41.0. The van der Waals surface area contributed by atoms with Crippen LogP contribution in [0.2, 0.25) is 0 Å². The SMILES string of the molecule is C.C1=CNNC1.C1=NCCCN1.C1=NCCCO1.C1=NCCCS1.C1=NCCN1.C1=NCCNN1.C1=NCCO1.C1=NNCCC1.C1=NNCCO1.C1=NOCC1.C1=NOCCC1.C1=NSCC1.C1=NSCCC1.C=C1CCCC1.CC.CC.CC.CC.CC.CC.CC.CC.CC.CC.CC.CC.CC.CC.CC.CC.CC.CC.CC.CC.CC.CC.CC.CC.CC.CC.CC.CC. The number of nitrogens with one attached hydrogen (secondary N) is 8. The second-order valence-electron chi connectivity index (χ2n) is 16.4. The average Bonchev–Trinajstić information content (AvgIpc) is 1.90. The third-order valence-corrected chi connectivity index (χ3v) is 11.8. The molecule has 13 aliphatic heterocycles. The molecule has 14 aliphatic rings. The molecule has 25 nitrogen and oxygen atoms in total. The molecule has 0 radical (unpaired) electrons. The molecule has 1 aliphatic carbocycles. The van der Waals surface area contributed by atoms with Crippen LogP contribution in [-0.2, 0) is 23.9 Å². The topological polar surface area (TPSA) is 291 Å². The normalized spacial score (nSPS) is 12.9. The van der Waals surface area contributed by atoms with Gasteiger partial charge in [0.2, 0.25) is 0 Å². The van der Waals surface area contributed by atoms with Gasteiger partial charge in [-0.05, 0) is 107 Å². The highest BCUT2D eigenvalue weighted by atomic mass is 32.2. The van der Waals surface area contributed by atoms with Gasteiger partial charge in [0.1, 0.15) is 26.4 Å². The Morgan fingerprint density at radius 1 is 0.287 bits per heavy atom. The van der Waals surface area contributed by atoms with Gasteiger partial charge in [-0.25, -0.2) is 19.6 Å². The van der Waals surface area contributed by atoms with Crippen LogP contribution in [0.3, 0.4) is 0 Å². The molecule has 1 saturated carbocycles. The Kier molecular flexibility index (Phi) is 602. The monoisotopic (exact) mass is 2020 g/mol. The van der Waals surface area contributed by atoms with Crippen LogP contribution in [-0.4, -0.2) is 204 Å². The Morgan fingerprint density at radius 2 is 0.699 bits per heavy atom. The smallest absolute Gasteiger partial charge is 0.192 e. The highest BCUT2D eigenvalue weighted by molar-refractivity contribution is 8.12. The number of aliphatic imine (C=N–C) groups is 6. The van der Waals surface area contributed by atoms with E-state index in [4.69, 9.17) is 9.47 Å². The summed E-state index contributed by atoms with van der Waals surface area (Å²) >= 11 is 5.11. The molecule has 136 heavy (non-hydrogen) atoms. The molecule has 0 saturated heterocycles. The summed E-state index contributed by atoms with van der Waals surface area (Å²) in [6.45, 7) is 131. The molecule has 0 aromatic heterocycles. The number of nitrogens with zero attached hydrogens (tertiary/aromatic N) is 12. The first-order valence-corrected chi connectivity index (χ1v) is 58.5. The highest BCUT2D eigenvalue weighted by Crippen LogP contribution is 2.21. The van der Waals surface area contributed by atoms with Crippen LogP contribution in [0.15, 0.2) is 83.7 Å². The average molecular weight is 2020 g/mol. The number of ether oxygens (including phenoxy) is 3. The van der Waals surface area contributed by atoms with Crippen molar-refractivity contribution in [1.82, 2.24) is 43.2 Å². The van der Waals surface area contributed by atoms with Crippen molar-refractivity contribution in [2.24, 2.45) is 59.3 Å². The van der Waals surface area contributed by atoms with Gasteiger partial charge in [-0.15, -0.1) is 16.9 Å². The lowest BCUT2D eigenvalue weighted by molar-refractivity contribution is 0.134. The predicted octanol–water partition coefficient (Wildman–Crippen LogP) is 35.2. The zero-order valence-corrected chi connectivity index (χ0v) is 105. The van der Waals surface area contributed by atoms with Gasteiger partial charge in [0.05, 0.1) is 57.3 Å². The van der Waals surface area contributed by atoms with Crippen LogP contribution in [0.4, 0.5) is 0 Å². The lowest BCUT2D eigenvalue weighted by Gasteiger charge is -2.04. The van der Waals surface area contributed by atoms with E-state index in [1.807, 2.05) is 424 Å². The Labute approximate surface area is 876 Å². The second kappa shape index (κ2) is 386. The van der Waals surface area contributed by atoms with Crippen molar-refractivity contribution in [3.63, 3.8) is 0 Å². The number of oxime groups is 2. The van der Waals surface area contributed by atoms with Gasteiger partial charge in [-0.3, -0.25) is 30.0 Å². The molecule has 0 aromatic carbocycles. The molecule has 0 aromatic rings. The van der Waals surface area contributed by atoms with Crippen LogP contribution in [0.25, 0.3) is 0 Å². The molecule has 8 N–H and O–H groups in total. The maximum Gasteiger partial charge on any atom is 0.192 e. The van der Waals surface area contributed by atoms with Gasteiger partial charge in [0.25, 0.3) is 0 Å². The number of thioether (sulfide) groups is 1. The molecule has 0 spiro atoms. The molecule has 28 heteroatoms. The van der Waals surface area contributed by atoms with E-state index in [1.165, 1.54) is 106 Å². The molecule has 13 heterocycles. The molecule has 0 unspecified atom stereocenters. The van der Waals surface area contributed by atoms with Crippen LogP contribution < -0.4 is 43.2 Å². The second-order valence-corrected chi connectivity index (χ2v) is 19.1. The Hall–Kier alpha value is -5.71. The van der Waals surface area contributed by atoms with Crippen molar-refractivity contribution >= 4 is 110 Å². The molecule has 14 rings (SSSR count). The predicted molar refractivity (Wildman–Crippen MR) is 665 cm³/mol. The highest BCUT2D eigenvalue weighted by Gasteiger charge is 2.01. The largest absolute Gasteiger partial charge is 0.483 e. The number of rotatable bonds is 0. The van der Waals surface area contributed by atoms with Crippen LogP contribution >= 0.6 is 35.7 Å². The minimum atomic E-state index is 0. The lowest BCUT2D eigenvalue weighted by atomic mass is 10.3. The fraction of sp³-hybridized carbons (Fsp3) is 0.852. The van der Waals surface area contributed by atoms with Crippen molar-refractivity contribution in [2.75, 3.05) is 129 Å². The summed E-state index contributed by atoms with van der Waals surface area (Å²) in [5.41, 5.74) is 20.3. The Bertz CT molecular complexity index is 1360. The number of allylic oxidation sites excluding steroid dienone is 1. The minimum absolute atomic E-state index is 0. The first kappa shape index (κ1) is 212. The van der Waals surface area contributed by atoms with E-state index in [2.05, 4.69) is 123 Å². The van der Waals surface area contributed by atoms with Crippen molar-refractivity contribution in [3.8, 4) is 0 Å². The van der Waals surface area contributed by atoms with Crippen molar-refractivity contribution in [1.29, 1.82) is 0 Å². The van der Waals surface area contributed by atoms with Gasteiger partial charge in [0.15, 0.2) is 19.2 Å². The number of hydrogen-bond acceptors (Lipinski definition) is 28. The zero-order valence-electron chi connectivity index (χ0n) is 103. The first-order valence-electron chi connectivity index (χ1n) is 55.5. The lowest BCUT2D eigenvalue weighted by Crippen LogP contribution is -2.36. The van der Waals surface area contributed by atoms with Crippen molar-refractivity contribution in [2.45, 2.75) is 491 Å². The maximum absolute atomic E-state index is 4.78. The summed E-state index contributed by atoms with van der Waals surface area (Å²) in [4.78, 5) is 32.4. The molecule has 0 atom stereocenters. The quantitative estimate of drug-likeness (QED) is 0.0826. The van der Waals surface area contributed by atoms with Gasteiger partial charge < -0.3 is 56.2 Å². The van der Waals surface area contributed by atoms with E-state index < -0.39 is 0 Å². The molecule has 0 bridgehead atoms.